The maximum absolute atomic E-state index is 12.8. The Morgan fingerprint density at radius 2 is 0.929 bits per heavy atom. The van der Waals surface area contributed by atoms with Gasteiger partial charge >= 0.3 is 23.9 Å². The lowest BCUT2D eigenvalue weighted by Gasteiger charge is -2.30. The molecule has 0 amide bonds. The van der Waals surface area contributed by atoms with Crippen molar-refractivity contribution < 1.29 is 38.1 Å². The molecular formula is C20H34O8. The summed E-state index contributed by atoms with van der Waals surface area (Å²) in [4.78, 5) is 48.8. The van der Waals surface area contributed by atoms with E-state index in [1.54, 1.807) is 41.5 Å². The topological polar surface area (TPSA) is 105 Å². The van der Waals surface area contributed by atoms with Crippen LogP contribution in [0.25, 0.3) is 0 Å². The molecule has 0 saturated heterocycles. The Kier molecular flexibility index (Phi) is 10.2. The number of rotatable bonds is 9. The van der Waals surface area contributed by atoms with E-state index in [1.165, 1.54) is 14.2 Å². The highest BCUT2D eigenvalue weighted by Gasteiger charge is 2.39. The Morgan fingerprint density at radius 3 is 1.14 bits per heavy atom. The van der Waals surface area contributed by atoms with E-state index in [-0.39, 0.29) is 25.7 Å². The summed E-state index contributed by atoms with van der Waals surface area (Å²) in [7, 11) is 2.49. The zero-order valence-corrected chi connectivity index (χ0v) is 18.2. The summed E-state index contributed by atoms with van der Waals surface area (Å²) < 4.78 is 20.2. The van der Waals surface area contributed by atoms with Crippen LogP contribution in [0, 0.1) is 11.8 Å². The smallest absolute Gasteiger partial charge is 0.310 e. The molecule has 0 aliphatic heterocycles. The average molecular weight is 402 g/mol. The summed E-state index contributed by atoms with van der Waals surface area (Å²) in [6.07, 6.45) is -0.0742. The minimum atomic E-state index is -0.960. The summed E-state index contributed by atoms with van der Waals surface area (Å²) in [6.45, 7) is 10.2. The summed E-state index contributed by atoms with van der Waals surface area (Å²) in [5.41, 5.74) is -1.55. The average Bonchev–Trinajstić information content (AvgIpc) is 2.53. The van der Waals surface area contributed by atoms with Crippen molar-refractivity contribution in [3.05, 3.63) is 0 Å². The first-order valence-corrected chi connectivity index (χ1v) is 9.29. The van der Waals surface area contributed by atoms with Crippen LogP contribution in [-0.2, 0) is 38.1 Å². The molecular weight excluding hydrogens is 368 g/mol. The lowest BCUT2D eigenvalue weighted by atomic mass is 9.84. The molecule has 0 aromatic rings. The third-order valence-corrected chi connectivity index (χ3v) is 3.68. The second kappa shape index (κ2) is 11.0. The fraction of sp³-hybridized carbons (Fsp3) is 0.800. The van der Waals surface area contributed by atoms with Crippen molar-refractivity contribution >= 4 is 23.9 Å². The molecule has 8 heteroatoms. The predicted molar refractivity (Wildman–Crippen MR) is 101 cm³/mol. The third kappa shape index (κ3) is 10.9. The van der Waals surface area contributed by atoms with E-state index in [9.17, 15) is 19.2 Å². The highest BCUT2D eigenvalue weighted by molar-refractivity contribution is 5.83. The number of ether oxygens (including phenoxy) is 4. The largest absolute Gasteiger partial charge is 0.469 e. The molecule has 0 radical (unpaired) electrons. The third-order valence-electron chi connectivity index (χ3n) is 3.68. The zero-order chi connectivity index (χ0) is 22.1. The molecule has 0 aromatic carbocycles. The highest BCUT2D eigenvalue weighted by atomic mass is 16.6. The molecule has 162 valence electrons. The molecule has 0 aromatic heterocycles. The Morgan fingerprint density at radius 1 is 0.643 bits per heavy atom. The van der Waals surface area contributed by atoms with Crippen LogP contribution in [-0.4, -0.2) is 49.3 Å². The van der Waals surface area contributed by atoms with Crippen LogP contribution < -0.4 is 0 Å². The molecule has 0 saturated carbocycles. The van der Waals surface area contributed by atoms with Crippen LogP contribution in [0.2, 0.25) is 0 Å². The SMILES string of the molecule is COC(=O)CC[C@H](C(=O)OC(C)(C)C)[C@@H](CCC(=O)OC)C(=O)OC(C)(C)C. The van der Waals surface area contributed by atoms with Crippen LogP contribution in [0.3, 0.4) is 0 Å². The number of carbonyl (C=O) groups excluding carboxylic acids is 4. The Bertz CT molecular complexity index is 504. The van der Waals surface area contributed by atoms with Crippen molar-refractivity contribution in [2.75, 3.05) is 14.2 Å². The summed E-state index contributed by atoms with van der Waals surface area (Å²) in [5.74, 6) is -4.20. The second-order valence-corrected chi connectivity index (χ2v) is 8.51. The molecule has 0 N–H and O–H groups in total. The summed E-state index contributed by atoms with van der Waals surface area (Å²) >= 11 is 0. The van der Waals surface area contributed by atoms with Crippen LogP contribution >= 0.6 is 0 Å². The number of hydrogen-bond donors (Lipinski definition) is 0. The molecule has 0 unspecified atom stereocenters. The Balaban J connectivity index is 5.72. The van der Waals surface area contributed by atoms with E-state index < -0.39 is 46.9 Å². The van der Waals surface area contributed by atoms with Crippen LogP contribution in [0.1, 0.15) is 67.2 Å². The minimum Gasteiger partial charge on any atom is -0.469 e. The second-order valence-electron chi connectivity index (χ2n) is 8.51. The van der Waals surface area contributed by atoms with Crippen molar-refractivity contribution in [3.63, 3.8) is 0 Å². The van der Waals surface area contributed by atoms with Crippen molar-refractivity contribution in [1.82, 2.24) is 0 Å². The van der Waals surface area contributed by atoms with Gasteiger partial charge in [-0.1, -0.05) is 0 Å². The molecule has 0 rings (SSSR count). The van der Waals surface area contributed by atoms with E-state index in [2.05, 4.69) is 9.47 Å². The quantitative estimate of drug-likeness (QED) is 0.428. The first-order valence-electron chi connectivity index (χ1n) is 9.29. The molecule has 0 aliphatic carbocycles. The number of hydrogen-bond acceptors (Lipinski definition) is 8. The van der Waals surface area contributed by atoms with Crippen LogP contribution in [0.5, 0.6) is 0 Å². The van der Waals surface area contributed by atoms with Gasteiger partial charge in [-0.25, -0.2) is 0 Å². The number of carbonyl (C=O) groups is 4. The summed E-state index contributed by atoms with van der Waals surface area (Å²) in [5, 5.41) is 0. The molecule has 0 bridgehead atoms. The van der Waals surface area contributed by atoms with Gasteiger partial charge in [-0.05, 0) is 54.4 Å². The minimum absolute atomic E-state index is 0.0344. The molecule has 0 aliphatic rings. The standard InChI is InChI=1S/C20H34O8/c1-19(2,3)27-17(23)13(9-11-15(21)25-7)14(10-12-16(22)26-8)18(24)28-20(4,5)6/h13-14H,9-12H2,1-8H3/t13-,14+. The predicted octanol–water partition coefficient (Wildman–Crippen LogP) is 2.81. The van der Waals surface area contributed by atoms with Crippen molar-refractivity contribution in [2.24, 2.45) is 11.8 Å². The molecule has 8 nitrogen and oxygen atoms in total. The van der Waals surface area contributed by atoms with Gasteiger partial charge < -0.3 is 18.9 Å². The van der Waals surface area contributed by atoms with Crippen molar-refractivity contribution in [2.45, 2.75) is 78.4 Å². The first kappa shape index (κ1) is 25.9. The van der Waals surface area contributed by atoms with Crippen LogP contribution in [0.15, 0.2) is 0 Å². The molecule has 28 heavy (non-hydrogen) atoms. The number of methoxy groups -OCH3 is 2. The normalized spacial score (nSPS) is 13.9. The lowest BCUT2D eigenvalue weighted by Crippen LogP contribution is -2.39. The van der Waals surface area contributed by atoms with E-state index in [0.29, 0.717) is 0 Å². The first-order chi connectivity index (χ1) is 12.7. The highest BCUT2D eigenvalue weighted by Crippen LogP contribution is 2.29. The molecule has 0 fully saturated rings. The molecule has 0 spiro atoms. The van der Waals surface area contributed by atoms with Gasteiger partial charge in [-0.2, -0.15) is 0 Å². The van der Waals surface area contributed by atoms with Gasteiger partial charge in [0, 0.05) is 12.8 Å². The summed E-state index contributed by atoms with van der Waals surface area (Å²) in [6, 6.07) is 0. The van der Waals surface area contributed by atoms with Gasteiger partial charge in [-0.3, -0.25) is 19.2 Å². The van der Waals surface area contributed by atoms with E-state index in [4.69, 9.17) is 9.47 Å². The number of esters is 4. The fourth-order valence-corrected chi connectivity index (χ4v) is 2.47. The lowest BCUT2D eigenvalue weighted by molar-refractivity contribution is -0.174. The van der Waals surface area contributed by atoms with E-state index >= 15 is 0 Å². The van der Waals surface area contributed by atoms with Crippen molar-refractivity contribution in [1.29, 1.82) is 0 Å². The maximum Gasteiger partial charge on any atom is 0.310 e. The van der Waals surface area contributed by atoms with Gasteiger partial charge in [0.25, 0.3) is 0 Å². The van der Waals surface area contributed by atoms with Crippen LogP contribution in [0.4, 0.5) is 0 Å². The molecule has 2 atom stereocenters. The van der Waals surface area contributed by atoms with Gasteiger partial charge in [0.1, 0.15) is 11.2 Å². The van der Waals surface area contributed by atoms with Gasteiger partial charge in [0.15, 0.2) is 0 Å². The maximum atomic E-state index is 12.8. The zero-order valence-electron chi connectivity index (χ0n) is 18.2. The Hall–Kier alpha value is -2.12. The van der Waals surface area contributed by atoms with Gasteiger partial charge in [-0.15, -0.1) is 0 Å². The van der Waals surface area contributed by atoms with Crippen molar-refractivity contribution in [3.8, 4) is 0 Å². The molecule has 0 heterocycles. The van der Waals surface area contributed by atoms with E-state index in [0.717, 1.165) is 0 Å². The Labute approximate surface area is 167 Å². The van der Waals surface area contributed by atoms with E-state index in [1.807, 2.05) is 0 Å². The fourth-order valence-electron chi connectivity index (χ4n) is 2.47. The van der Waals surface area contributed by atoms with Gasteiger partial charge in [0.05, 0.1) is 26.1 Å². The monoisotopic (exact) mass is 402 g/mol. The van der Waals surface area contributed by atoms with Gasteiger partial charge in [0.2, 0.25) is 0 Å².